The predicted molar refractivity (Wildman–Crippen MR) is 85.5 cm³/mol. The van der Waals surface area contributed by atoms with E-state index in [1.165, 1.54) is 5.56 Å². The maximum atomic E-state index is 11.6. The van der Waals surface area contributed by atoms with Gasteiger partial charge in [0.1, 0.15) is 0 Å². The summed E-state index contributed by atoms with van der Waals surface area (Å²) in [4.78, 5) is 22.6. The van der Waals surface area contributed by atoms with E-state index in [4.69, 9.17) is 4.98 Å². The zero-order valence-corrected chi connectivity index (χ0v) is 12.9. The van der Waals surface area contributed by atoms with Crippen LogP contribution in [0.15, 0.2) is 42.7 Å². The highest BCUT2D eigenvalue weighted by Crippen LogP contribution is 2.25. The van der Waals surface area contributed by atoms with Crippen LogP contribution in [0.25, 0.3) is 0 Å². The first-order chi connectivity index (χ1) is 10.7. The van der Waals surface area contributed by atoms with Gasteiger partial charge >= 0.3 is 0 Å². The van der Waals surface area contributed by atoms with E-state index in [9.17, 15) is 4.79 Å². The first-order valence-corrected chi connectivity index (χ1v) is 7.82. The van der Waals surface area contributed by atoms with E-state index in [0.717, 1.165) is 43.7 Å². The number of amides is 1. The molecule has 0 radical (unpaired) electrons. The van der Waals surface area contributed by atoms with E-state index < -0.39 is 0 Å². The summed E-state index contributed by atoms with van der Waals surface area (Å²) in [5, 5.41) is 0. The molecule has 2 heterocycles. The summed E-state index contributed by atoms with van der Waals surface area (Å²) >= 11 is 0. The Balaban J connectivity index is 1.75. The van der Waals surface area contributed by atoms with Crippen molar-refractivity contribution in [3.8, 4) is 0 Å². The minimum absolute atomic E-state index is 0.151. The maximum absolute atomic E-state index is 11.6. The van der Waals surface area contributed by atoms with Gasteiger partial charge in [-0.3, -0.25) is 14.8 Å². The van der Waals surface area contributed by atoms with Gasteiger partial charge in [-0.1, -0.05) is 30.3 Å². The Hall–Kier alpha value is -2.23. The first-order valence-electron chi connectivity index (χ1n) is 7.82. The molecular formula is C18H21N3O. The first kappa shape index (κ1) is 14.7. The Morgan fingerprint density at radius 3 is 2.86 bits per heavy atom. The third kappa shape index (κ3) is 3.50. The number of carbonyl (C=O) groups is 1. The van der Waals surface area contributed by atoms with E-state index in [1.54, 1.807) is 6.92 Å². The number of benzene rings is 1. The molecule has 2 aromatic rings. The number of piperidine rings is 1. The van der Waals surface area contributed by atoms with E-state index in [2.05, 4.69) is 17.1 Å². The molecule has 1 aliphatic heterocycles. The molecule has 4 heteroatoms. The number of rotatable bonds is 3. The third-order valence-electron chi connectivity index (χ3n) is 4.22. The molecule has 1 atom stereocenters. The van der Waals surface area contributed by atoms with Crippen LogP contribution in [0.1, 0.15) is 42.6 Å². The fraction of sp³-hybridized carbons (Fsp3) is 0.389. The SMILES string of the molecule is CC(=O)N1CCC[C@H](c2cncc(Cc3ccccc3)n2)C1. The Morgan fingerprint density at radius 2 is 2.09 bits per heavy atom. The molecule has 0 spiro atoms. The topological polar surface area (TPSA) is 46.1 Å². The van der Waals surface area contributed by atoms with Gasteiger partial charge in [0.05, 0.1) is 11.4 Å². The van der Waals surface area contributed by atoms with Crippen molar-refractivity contribution in [3.05, 3.63) is 59.7 Å². The monoisotopic (exact) mass is 295 g/mol. The number of aromatic nitrogens is 2. The third-order valence-corrected chi connectivity index (χ3v) is 4.22. The van der Waals surface area contributed by atoms with Gasteiger partial charge in [-0.05, 0) is 18.4 Å². The lowest BCUT2D eigenvalue weighted by molar-refractivity contribution is -0.130. The second-order valence-corrected chi connectivity index (χ2v) is 5.90. The van der Waals surface area contributed by atoms with Crippen molar-refractivity contribution in [1.29, 1.82) is 0 Å². The van der Waals surface area contributed by atoms with Crippen molar-refractivity contribution in [2.24, 2.45) is 0 Å². The van der Waals surface area contributed by atoms with Crippen molar-refractivity contribution in [3.63, 3.8) is 0 Å². The summed E-state index contributed by atoms with van der Waals surface area (Å²) in [6.45, 7) is 3.27. The molecule has 0 aliphatic carbocycles. The number of likely N-dealkylation sites (tertiary alicyclic amines) is 1. The van der Waals surface area contributed by atoms with Crippen LogP contribution in [-0.4, -0.2) is 33.9 Å². The van der Waals surface area contributed by atoms with E-state index in [1.807, 2.05) is 35.5 Å². The zero-order chi connectivity index (χ0) is 15.4. The normalized spacial score (nSPS) is 18.2. The van der Waals surface area contributed by atoms with Gasteiger partial charge in [0.15, 0.2) is 0 Å². The molecule has 1 fully saturated rings. The Morgan fingerprint density at radius 1 is 1.27 bits per heavy atom. The molecule has 1 aromatic heterocycles. The zero-order valence-electron chi connectivity index (χ0n) is 12.9. The molecule has 1 saturated heterocycles. The molecule has 22 heavy (non-hydrogen) atoms. The summed E-state index contributed by atoms with van der Waals surface area (Å²) < 4.78 is 0. The average molecular weight is 295 g/mol. The Bertz CT molecular complexity index is 642. The lowest BCUT2D eigenvalue weighted by Crippen LogP contribution is -2.37. The smallest absolute Gasteiger partial charge is 0.219 e. The highest BCUT2D eigenvalue weighted by atomic mass is 16.2. The van der Waals surface area contributed by atoms with Crippen LogP contribution < -0.4 is 0 Å². The highest BCUT2D eigenvalue weighted by molar-refractivity contribution is 5.73. The van der Waals surface area contributed by atoms with Crippen LogP contribution in [0.2, 0.25) is 0 Å². The van der Waals surface area contributed by atoms with Crippen LogP contribution in [0, 0.1) is 0 Å². The molecule has 0 unspecified atom stereocenters. The standard InChI is InChI=1S/C18H21N3O/c1-14(22)21-9-5-8-16(13-21)18-12-19-11-17(20-18)10-15-6-3-2-4-7-15/h2-4,6-7,11-12,16H,5,8-10,13H2,1H3/t16-/m0/s1. The largest absolute Gasteiger partial charge is 0.342 e. The average Bonchev–Trinajstić information content (AvgIpc) is 2.56. The van der Waals surface area contributed by atoms with Crippen molar-refractivity contribution >= 4 is 5.91 Å². The van der Waals surface area contributed by atoms with Crippen LogP contribution >= 0.6 is 0 Å². The Kier molecular flexibility index (Phi) is 4.47. The number of nitrogens with zero attached hydrogens (tertiary/aromatic N) is 3. The number of hydrogen-bond acceptors (Lipinski definition) is 3. The summed E-state index contributed by atoms with van der Waals surface area (Å²) in [7, 11) is 0. The molecule has 0 saturated carbocycles. The molecule has 0 bridgehead atoms. The van der Waals surface area contributed by atoms with Gasteiger partial charge in [0.25, 0.3) is 0 Å². The Labute approximate surface area is 131 Å². The van der Waals surface area contributed by atoms with E-state index in [-0.39, 0.29) is 5.91 Å². The lowest BCUT2D eigenvalue weighted by atomic mass is 9.95. The minimum Gasteiger partial charge on any atom is -0.342 e. The summed E-state index contributed by atoms with van der Waals surface area (Å²) in [5.41, 5.74) is 3.24. The molecular weight excluding hydrogens is 274 g/mol. The second-order valence-electron chi connectivity index (χ2n) is 5.90. The number of hydrogen-bond donors (Lipinski definition) is 0. The van der Waals surface area contributed by atoms with Gasteiger partial charge in [-0.2, -0.15) is 0 Å². The molecule has 1 aromatic carbocycles. The van der Waals surface area contributed by atoms with Gasteiger partial charge in [0, 0.05) is 44.7 Å². The molecule has 4 nitrogen and oxygen atoms in total. The summed E-state index contributed by atoms with van der Waals surface area (Å²) in [6, 6.07) is 10.3. The van der Waals surface area contributed by atoms with Crippen molar-refractivity contribution in [2.45, 2.75) is 32.1 Å². The predicted octanol–water partition coefficient (Wildman–Crippen LogP) is 2.79. The summed E-state index contributed by atoms with van der Waals surface area (Å²) in [5.74, 6) is 0.457. The van der Waals surface area contributed by atoms with Crippen LogP contribution in [0.5, 0.6) is 0 Å². The van der Waals surface area contributed by atoms with Gasteiger partial charge in [0.2, 0.25) is 5.91 Å². The van der Waals surface area contributed by atoms with Gasteiger partial charge in [-0.15, -0.1) is 0 Å². The quantitative estimate of drug-likeness (QED) is 0.874. The highest BCUT2D eigenvalue weighted by Gasteiger charge is 2.24. The minimum atomic E-state index is 0.151. The summed E-state index contributed by atoms with van der Waals surface area (Å²) in [6.07, 6.45) is 6.60. The van der Waals surface area contributed by atoms with Crippen molar-refractivity contribution in [1.82, 2.24) is 14.9 Å². The van der Waals surface area contributed by atoms with Gasteiger partial charge in [-0.25, -0.2) is 0 Å². The molecule has 1 aliphatic rings. The second kappa shape index (κ2) is 6.69. The fourth-order valence-corrected chi connectivity index (χ4v) is 3.01. The van der Waals surface area contributed by atoms with Crippen LogP contribution in [0.4, 0.5) is 0 Å². The van der Waals surface area contributed by atoms with E-state index >= 15 is 0 Å². The maximum Gasteiger partial charge on any atom is 0.219 e. The molecule has 114 valence electrons. The van der Waals surface area contributed by atoms with Crippen molar-refractivity contribution < 1.29 is 4.79 Å². The van der Waals surface area contributed by atoms with Gasteiger partial charge < -0.3 is 4.90 Å². The van der Waals surface area contributed by atoms with Crippen molar-refractivity contribution in [2.75, 3.05) is 13.1 Å². The lowest BCUT2D eigenvalue weighted by Gasteiger charge is -2.31. The van der Waals surface area contributed by atoms with E-state index in [0.29, 0.717) is 5.92 Å². The fourth-order valence-electron chi connectivity index (χ4n) is 3.01. The van der Waals surface area contributed by atoms with Crippen LogP contribution in [-0.2, 0) is 11.2 Å². The number of carbonyl (C=O) groups excluding carboxylic acids is 1. The molecule has 1 amide bonds. The van der Waals surface area contributed by atoms with Crippen LogP contribution in [0.3, 0.4) is 0 Å². The molecule has 0 N–H and O–H groups in total. The molecule has 3 rings (SSSR count).